The lowest BCUT2D eigenvalue weighted by Crippen LogP contribution is -2.43. The van der Waals surface area contributed by atoms with Crippen molar-refractivity contribution in [3.05, 3.63) is 100 Å². The number of benzene rings is 3. The molecule has 172 valence electrons. The number of hydrogen-bond acceptors (Lipinski definition) is 5. The van der Waals surface area contributed by atoms with Gasteiger partial charge in [0.2, 0.25) is 5.91 Å². The first-order chi connectivity index (χ1) is 16.9. The molecule has 0 aromatic heterocycles. The molecule has 1 aliphatic heterocycles. The van der Waals surface area contributed by atoms with Crippen LogP contribution in [0.25, 0.3) is 0 Å². The highest BCUT2D eigenvalue weighted by Gasteiger charge is 2.55. The number of nitrogens with zero attached hydrogens (tertiary/aromatic N) is 1. The molecule has 8 nitrogen and oxygen atoms in total. The molecule has 35 heavy (non-hydrogen) atoms. The van der Waals surface area contributed by atoms with E-state index in [9.17, 15) is 24.0 Å². The van der Waals surface area contributed by atoms with Crippen LogP contribution in [-0.2, 0) is 21.5 Å². The van der Waals surface area contributed by atoms with E-state index in [1.165, 1.54) is 18.2 Å². The van der Waals surface area contributed by atoms with Gasteiger partial charge in [0.15, 0.2) is 11.6 Å². The van der Waals surface area contributed by atoms with Crippen LogP contribution in [0.1, 0.15) is 49.4 Å². The number of fused-ring (bicyclic) bond motifs is 4. The Labute approximate surface area is 199 Å². The van der Waals surface area contributed by atoms with Crippen molar-refractivity contribution in [3.8, 4) is 0 Å². The Bertz CT molecular complexity index is 1490. The zero-order valence-corrected chi connectivity index (χ0v) is 18.5. The van der Waals surface area contributed by atoms with Crippen LogP contribution in [0.5, 0.6) is 0 Å². The van der Waals surface area contributed by atoms with Crippen LogP contribution < -0.4 is 10.6 Å². The van der Waals surface area contributed by atoms with Crippen molar-refractivity contribution in [3.63, 3.8) is 0 Å². The number of amides is 4. The van der Waals surface area contributed by atoms with Gasteiger partial charge in [0, 0.05) is 27.9 Å². The third-order valence-electron chi connectivity index (χ3n) is 6.93. The number of imide groups is 1. The lowest BCUT2D eigenvalue weighted by Gasteiger charge is -2.22. The molecule has 1 unspecified atom stereocenters. The smallest absolute Gasteiger partial charge is 0.325 e. The highest BCUT2D eigenvalue weighted by Crippen LogP contribution is 2.41. The second-order valence-corrected chi connectivity index (χ2v) is 8.90. The summed E-state index contributed by atoms with van der Waals surface area (Å²) in [6.45, 7) is -0.471. The number of ketones is 2. The maximum absolute atomic E-state index is 13.3. The van der Waals surface area contributed by atoms with Crippen molar-refractivity contribution in [2.24, 2.45) is 0 Å². The van der Waals surface area contributed by atoms with Crippen molar-refractivity contribution in [1.82, 2.24) is 10.2 Å². The number of nitrogens with one attached hydrogen (secondary N) is 2. The van der Waals surface area contributed by atoms with E-state index in [0.717, 1.165) is 16.0 Å². The Hall–Kier alpha value is -4.59. The molecule has 2 aliphatic carbocycles. The zero-order chi connectivity index (χ0) is 24.3. The summed E-state index contributed by atoms with van der Waals surface area (Å²) >= 11 is 0. The van der Waals surface area contributed by atoms with E-state index in [1.807, 2.05) is 24.3 Å². The fourth-order valence-electron chi connectivity index (χ4n) is 5.25. The summed E-state index contributed by atoms with van der Waals surface area (Å²) in [7, 11) is 0. The molecule has 8 heteroatoms. The molecule has 4 amide bonds. The van der Waals surface area contributed by atoms with Gasteiger partial charge < -0.3 is 10.6 Å². The standard InChI is InChI=1S/C27H19N3O5/c31-22(14-30-25(34)27(29-26(30)35)12-11-15-5-1-4-8-21(15)27)28-16-9-10-19-20(13-16)24(33)18-7-3-2-6-17(18)23(19)32/h1-10,13H,11-12,14H2,(H,28,31)(H,29,35). The molecule has 1 spiro atoms. The minimum Gasteiger partial charge on any atom is -0.325 e. The Morgan fingerprint density at radius 2 is 1.51 bits per heavy atom. The van der Waals surface area contributed by atoms with E-state index in [0.29, 0.717) is 29.7 Å². The summed E-state index contributed by atoms with van der Waals surface area (Å²) in [6.07, 6.45) is 1.10. The molecule has 1 saturated heterocycles. The largest absolute Gasteiger partial charge is 0.325 e. The van der Waals surface area contributed by atoms with Crippen molar-refractivity contribution >= 4 is 35.1 Å². The number of carbonyl (C=O) groups excluding carboxylic acids is 5. The second-order valence-electron chi connectivity index (χ2n) is 8.90. The van der Waals surface area contributed by atoms with Gasteiger partial charge in [0.05, 0.1) is 0 Å². The van der Waals surface area contributed by atoms with Gasteiger partial charge in [-0.2, -0.15) is 0 Å². The highest BCUT2D eigenvalue weighted by atomic mass is 16.2. The summed E-state index contributed by atoms with van der Waals surface area (Å²) in [6, 6.07) is 17.9. The Morgan fingerprint density at radius 1 is 0.857 bits per heavy atom. The van der Waals surface area contributed by atoms with Gasteiger partial charge in [-0.05, 0) is 42.2 Å². The third kappa shape index (κ3) is 3.03. The molecular weight excluding hydrogens is 446 g/mol. The van der Waals surface area contributed by atoms with Gasteiger partial charge in [-0.3, -0.25) is 24.1 Å². The van der Waals surface area contributed by atoms with Crippen LogP contribution in [-0.4, -0.2) is 40.9 Å². The Morgan fingerprint density at radius 3 is 2.29 bits per heavy atom. The first kappa shape index (κ1) is 21.0. The summed E-state index contributed by atoms with van der Waals surface area (Å²) in [5.74, 6) is -1.60. The normalized spacial score (nSPS) is 19.9. The van der Waals surface area contributed by atoms with Crippen LogP contribution >= 0.6 is 0 Å². The van der Waals surface area contributed by atoms with E-state index < -0.39 is 29.9 Å². The number of aryl methyl sites for hydroxylation is 1. The average Bonchev–Trinajstić information content (AvgIpc) is 3.35. The summed E-state index contributed by atoms with van der Waals surface area (Å²) in [4.78, 5) is 65.3. The SMILES string of the molecule is O=C(CN1C(=O)NC2(CCc3ccccc32)C1=O)Nc1ccc2c(c1)C(=O)c1ccccc1C2=O. The van der Waals surface area contributed by atoms with Crippen molar-refractivity contribution in [1.29, 1.82) is 0 Å². The van der Waals surface area contributed by atoms with Crippen LogP contribution in [0.4, 0.5) is 10.5 Å². The first-order valence-corrected chi connectivity index (χ1v) is 11.2. The predicted molar refractivity (Wildman–Crippen MR) is 125 cm³/mol. The lowest BCUT2D eigenvalue weighted by molar-refractivity contribution is -0.134. The summed E-state index contributed by atoms with van der Waals surface area (Å²) < 4.78 is 0. The molecule has 1 heterocycles. The Kier molecular flexibility index (Phi) is 4.47. The quantitative estimate of drug-likeness (QED) is 0.452. The molecule has 2 N–H and O–H groups in total. The number of carbonyl (C=O) groups is 5. The molecule has 3 aromatic rings. The van der Waals surface area contributed by atoms with Crippen molar-refractivity contribution in [2.45, 2.75) is 18.4 Å². The van der Waals surface area contributed by atoms with E-state index in [2.05, 4.69) is 10.6 Å². The average molecular weight is 465 g/mol. The molecule has 0 bridgehead atoms. The molecule has 0 radical (unpaired) electrons. The maximum Gasteiger partial charge on any atom is 0.325 e. The molecule has 3 aliphatic rings. The highest BCUT2D eigenvalue weighted by molar-refractivity contribution is 6.28. The molecule has 0 saturated carbocycles. The lowest BCUT2D eigenvalue weighted by atomic mass is 9.84. The van der Waals surface area contributed by atoms with Crippen LogP contribution in [0.15, 0.2) is 66.7 Å². The van der Waals surface area contributed by atoms with E-state index in [-0.39, 0.29) is 22.7 Å². The topological polar surface area (TPSA) is 113 Å². The van der Waals surface area contributed by atoms with Gasteiger partial charge in [-0.25, -0.2) is 4.79 Å². The van der Waals surface area contributed by atoms with Gasteiger partial charge >= 0.3 is 6.03 Å². The number of anilines is 1. The van der Waals surface area contributed by atoms with E-state index in [1.54, 1.807) is 24.3 Å². The monoisotopic (exact) mass is 465 g/mol. The molecule has 1 atom stereocenters. The van der Waals surface area contributed by atoms with Crippen molar-refractivity contribution in [2.75, 3.05) is 11.9 Å². The first-order valence-electron chi connectivity index (χ1n) is 11.2. The predicted octanol–water partition coefficient (Wildman–Crippen LogP) is 2.79. The van der Waals surface area contributed by atoms with Crippen LogP contribution in [0.3, 0.4) is 0 Å². The minimum atomic E-state index is -1.14. The number of urea groups is 1. The minimum absolute atomic E-state index is 0.197. The molecule has 3 aromatic carbocycles. The maximum atomic E-state index is 13.3. The molecule has 1 fully saturated rings. The van der Waals surface area contributed by atoms with Crippen molar-refractivity contribution < 1.29 is 24.0 Å². The fourth-order valence-corrected chi connectivity index (χ4v) is 5.25. The second kappa shape index (κ2) is 7.46. The van der Waals surface area contributed by atoms with E-state index in [4.69, 9.17) is 0 Å². The molecule has 6 rings (SSSR count). The fraction of sp³-hybridized carbons (Fsp3) is 0.148. The summed E-state index contributed by atoms with van der Waals surface area (Å²) in [5, 5.41) is 5.43. The number of hydrogen-bond donors (Lipinski definition) is 2. The van der Waals surface area contributed by atoms with Gasteiger partial charge in [-0.1, -0.05) is 48.5 Å². The third-order valence-corrected chi connectivity index (χ3v) is 6.93. The van der Waals surface area contributed by atoms with Gasteiger partial charge in [-0.15, -0.1) is 0 Å². The zero-order valence-electron chi connectivity index (χ0n) is 18.5. The van der Waals surface area contributed by atoms with E-state index >= 15 is 0 Å². The summed E-state index contributed by atoms with van der Waals surface area (Å²) in [5.41, 5.74) is 2.05. The van der Waals surface area contributed by atoms with Gasteiger partial charge in [0.1, 0.15) is 12.1 Å². The van der Waals surface area contributed by atoms with Crippen LogP contribution in [0, 0.1) is 0 Å². The molecular formula is C27H19N3O5. The number of rotatable bonds is 3. The van der Waals surface area contributed by atoms with Crippen LogP contribution in [0.2, 0.25) is 0 Å². The Balaban J connectivity index is 1.22. The van der Waals surface area contributed by atoms with Gasteiger partial charge in [0.25, 0.3) is 5.91 Å².